The molecule has 0 saturated carbocycles. The molecule has 1 aliphatic rings. The maximum absolute atomic E-state index is 11.5. The van der Waals surface area contributed by atoms with Crippen molar-refractivity contribution in [2.24, 2.45) is 0 Å². The monoisotopic (exact) mass is 251 g/mol. The molecular weight excluding hydrogens is 238 g/mol. The smallest absolute Gasteiger partial charge is 0.236 e. The Morgan fingerprint density at radius 1 is 1.75 bits per heavy atom. The summed E-state index contributed by atoms with van der Waals surface area (Å²) in [6.07, 6.45) is 0. The Morgan fingerprint density at radius 3 is 2.92 bits per heavy atom. The summed E-state index contributed by atoms with van der Waals surface area (Å²) in [5, 5.41) is 0.592. The van der Waals surface area contributed by atoms with Crippen molar-refractivity contribution in [2.45, 2.75) is 23.9 Å². The molecule has 0 aromatic carbocycles. The number of hydrogen-bond donors (Lipinski definition) is 0. The lowest BCUT2D eigenvalue weighted by molar-refractivity contribution is -0.130. The Kier molecular flexibility index (Phi) is 3.90. The van der Waals surface area contributed by atoms with E-state index in [1.807, 2.05) is 23.6 Å². The van der Waals surface area contributed by atoms with Gasteiger partial charge in [-0.3, -0.25) is 4.79 Å². The normalized spacial score (nSPS) is 26.9. The van der Waals surface area contributed by atoms with Gasteiger partial charge in [-0.1, -0.05) is 22.9 Å². The number of thioether (sulfide) groups is 1. The topological polar surface area (TPSA) is 20.3 Å². The van der Waals surface area contributed by atoms with Crippen molar-refractivity contribution >= 4 is 33.6 Å². The van der Waals surface area contributed by atoms with Crippen molar-refractivity contribution in [1.29, 1.82) is 0 Å². The van der Waals surface area contributed by atoms with Gasteiger partial charge in [0.25, 0.3) is 0 Å². The minimum Gasteiger partial charge on any atom is -0.340 e. The second-order valence-electron chi connectivity index (χ2n) is 3.08. The highest BCUT2D eigenvalue weighted by atomic mass is 79.9. The minimum absolute atomic E-state index is 0.0344. The third kappa shape index (κ3) is 2.66. The average molecular weight is 252 g/mol. The van der Waals surface area contributed by atoms with Crippen LogP contribution in [0.5, 0.6) is 0 Å². The Balaban J connectivity index is 2.46. The molecule has 0 aliphatic carbocycles. The van der Waals surface area contributed by atoms with E-state index in [1.165, 1.54) is 0 Å². The Hall–Kier alpha value is 0.300. The second-order valence-corrected chi connectivity index (χ2v) is 6.00. The van der Waals surface area contributed by atoms with E-state index in [-0.39, 0.29) is 10.7 Å². The quantitative estimate of drug-likeness (QED) is 0.662. The molecule has 4 heteroatoms. The van der Waals surface area contributed by atoms with Crippen molar-refractivity contribution in [3.63, 3.8) is 0 Å². The summed E-state index contributed by atoms with van der Waals surface area (Å²) < 4.78 is 0. The summed E-state index contributed by atoms with van der Waals surface area (Å²) in [6, 6.07) is 0. The van der Waals surface area contributed by atoms with E-state index in [1.54, 1.807) is 0 Å². The molecule has 0 aromatic heterocycles. The third-order valence-electron chi connectivity index (χ3n) is 1.89. The molecule has 0 N–H and O–H groups in total. The molecule has 1 rings (SSSR count). The molecule has 1 amide bonds. The van der Waals surface area contributed by atoms with Gasteiger partial charge in [-0.25, -0.2) is 0 Å². The lowest BCUT2D eigenvalue weighted by Crippen LogP contribution is -2.43. The predicted octanol–water partition coefficient (Wildman–Crippen LogP) is 1.73. The average Bonchev–Trinajstić information content (AvgIpc) is 2.03. The highest BCUT2D eigenvalue weighted by Gasteiger charge is 2.23. The van der Waals surface area contributed by atoms with Crippen LogP contribution in [0.2, 0.25) is 0 Å². The van der Waals surface area contributed by atoms with Crippen LogP contribution < -0.4 is 0 Å². The lowest BCUT2D eigenvalue weighted by atomic mass is 10.3. The van der Waals surface area contributed by atoms with Gasteiger partial charge in [0.1, 0.15) is 0 Å². The summed E-state index contributed by atoms with van der Waals surface area (Å²) in [6.45, 7) is 5.86. The molecule has 0 aromatic rings. The van der Waals surface area contributed by atoms with Gasteiger partial charge in [-0.05, 0) is 6.92 Å². The van der Waals surface area contributed by atoms with E-state index < -0.39 is 0 Å². The fourth-order valence-corrected chi connectivity index (χ4v) is 2.57. The molecule has 12 heavy (non-hydrogen) atoms. The second kappa shape index (κ2) is 4.51. The minimum atomic E-state index is -0.0344. The van der Waals surface area contributed by atoms with Crippen LogP contribution in [0.25, 0.3) is 0 Å². The van der Waals surface area contributed by atoms with Gasteiger partial charge in [0.2, 0.25) is 5.91 Å². The fraction of sp³-hybridized carbons (Fsp3) is 0.875. The largest absolute Gasteiger partial charge is 0.340 e. The van der Waals surface area contributed by atoms with Crippen LogP contribution >= 0.6 is 27.7 Å². The molecule has 2 nitrogen and oxygen atoms in total. The van der Waals surface area contributed by atoms with E-state index in [0.717, 1.165) is 18.8 Å². The Morgan fingerprint density at radius 2 is 2.42 bits per heavy atom. The van der Waals surface area contributed by atoms with Crippen molar-refractivity contribution in [3.05, 3.63) is 0 Å². The number of hydrogen-bond acceptors (Lipinski definition) is 2. The molecule has 0 bridgehead atoms. The van der Waals surface area contributed by atoms with Crippen LogP contribution in [0.1, 0.15) is 13.8 Å². The van der Waals surface area contributed by atoms with E-state index in [9.17, 15) is 4.79 Å². The zero-order valence-corrected chi connectivity index (χ0v) is 9.82. The van der Waals surface area contributed by atoms with Gasteiger partial charge < -0.3 is 4.90 Å². The number of rotatable bonds is 1. The van der Waals surface area contributed by atoms with Gasteiger partial charge in [-0.15, -0.1) is 0 Å². The SMILES string of the molecule is CC1CN(C(=O)C(C)Br)CCS1. The zero-order valence-electron chi connectivity index (χ0n) is 7.42. The highest BCUT2D eigenvalue weighted by Crippen LogP contribution is 2.19. The summed E-state index contributed by atoms with van der Waals surface area (Å²) in [7, 11) is 0. The van der Waals surface area contributed by atoms with Gasteiger partial charge in [0.15, 0.2) is 0 Å². The summed E-state index contributed by atoms with van der Waals surface area (Å²) in [5.74, 6) is 1.30. The van der Waals surface area contributed by atoms with E-state index in [0.29, 0.717) is 5.25 Å². The molecule has 2 unspecified atom stereocenters. The number of halogens is 1. The highest BCUT2D eigenvalue weighted by molar-refractivity contribution is 9.10. The maximum atomic E-state index is 11.5. The number of amides is 1. The zero-order chi connectivity index (χ0) is 9.14. The van der Waals surface area contributed by atoms with Crippen LogP contribution in [0.4, 0.5) is 0 Å². The van der Waals surface area contributed by atoms with Gasteiger partial charge in [-0.2, -0.15) is 11.8 Å². The van der Waals surface area contributed by atoms with Crippen molar-refractivity contribution in [2.75, 3.05) is 18.8 Å². The first kappa shape index (κ1) is 10.4. The van der Waals surface area contributed by atoms with Crippen LogP contribution in [0.15, 0.2) is 0 Å². The van der Waals surface area contributed by atoms with Gasteiger partial charge in [0.05, 0.1) is 4.83 Å². The molecular formula is C8H14BrNOS. The van der Waals surface area contributed by atoms with Gasteiger partial charge in [0, 0.05) is 24.1 Å². The first-order valence-corrected chi connectivity index (χ1v) is 6.12. The van der Waals surface area contributed by atoms with E-state index in [2.05, 4.69) is 22.9 Å². The first-order chi connectivity index (χ1) is 5.61. The molecule has 1 fully saturated rings. The summed E-state index contributed by atoms with van der Waals surface area (Å²) >= 11 is 5.24. The van der Waals surface area contributed by atoms with Crippen LogP contribution in [-0.2, 0) is 4.79 Å². The molecule has 1 aliphatic heterocycles. The van der Waals surface area contributed by atoms with Crippen molar-refractivity contribution < 1.29 is 4.79 Å². The standard InChI is InChI=1S/C8H14BrNOS/c1-6-5-10(3-4-12-6)8(11)7(2)9/h6-7H,3-5H2,1-2H3. The first-order valence-electron chi connectivity index (χ1n) is 4.15. The molecule has 1 saturated heterocycles. The van der Waals surface area contributed by atoms with Crippen LogP contribution in [-0.4, -0.2) is 39.7 Å². The lowest BCUT2D eigenvalue weighted by Gasteiger charge is -2.31. The molecule has 0 spiro atoms. The molecule has 1 heterocycles. The number of nitrogens with zero attached hydrogens (tertiary/aromatic N) is 1. The van der Waals surface area contributed by atoms with Crippen molar-refractivity contribution in [3.8, 4) is 0 Å². The van der Waals surface area contributed by atoms with E-state index >= 15 is 0 Å². The van der Waals surface area contributed by atoms with E-state index in [4.69, 9.17) is 0 Å². The number of carbonyl (C=O) groups excluding carboxylic acids is 1. The third-order valence-corrected chi connectivity index (χ3v) is 3.42. The summed E-state index contributed by atoms with van der Waals surface area (Å²) in [5.41, 5.74) is 0. The van der Waals surface area contributed by atoms with Crippen LogP contribution in [0.3, 0.4) is 0 Å². The Bertz CT molecular complexity index is 174. The Labute approximate surface area is 86.2 Å². The predicted molar refractivity (Wildman–Crippen MR) is 56.9 cm³/mol. The van der Waals surface area contributed by atoms with Crippen LogP contribution in [0, 0.1) is 0 Å². The fourth-order valence-electron chi connectivity index (χ4n) is 1.27. The number of alkyl halides is 1. The maximum Gasteiger partial charge on any atom is 0.236 e. The number of carbonyl (C=O) groups is 1. The molecule has 70 valence electrons. The summed E-state index contributed by atoms with van der Waals surface area (Å²) in [4.78, 5) is 13.4. The van der Waals surface area contributed by atoms with Crippen molar-refractivity contribution in [1.82, 2.24) is 4.90 Å². The molecule has 2 atom stereocenters. The molecule has 0 radical (unpaired) electrons. The van der Waals surface area contributed by atoms with Gasteiger partial charge >= 0.3 is 0 Å².